The number of nitrogens with zero attached hydrogens (tertiary/aromatic N) is 3. The molecule has 0 saturated carbocycles. The van der Waals surface area contributed by atoms with E-state index >= 15 is 0 Å². The van der Waals surface area contributed by atoms with Gasteiger partial charge in [-0.25, -0.2) is 0 Å². The predicted molar refractivity (Wildman–Crippen MR) is 86.1 cm³/mol. The summed E-state index contributed by atoms with van der Waals surface area (Å²) in [7, 11) is 3.41. The lowest BCUT2D eigenvalue weighted by molar-refractivity contribution is -0.115. The molecule has 118 valence electrons. The number of methoxy groups -OCH3 is 1. The van der Waals surface area contributed by atoms with Gasteiger partial charge in [0.1, 0.15) is 11.6 Å². The average molecular weight is 311 g/mol. The fraction of sp³-hybridized carbons (Fsp3) is 0.188. The van der Waals surface area contributed by atoms with Gasteiger partial charge in [0.2, 0.25) is 5.91 Å². The molecule has 0 aliphatic heterocycles. The number of aryl methyl sites for hydroxylation is 1. The molecular weight excluding hydrogens is 294 g/mol. The second-order valence-electron chi connectivity index (χ2n) is 5.08. The van der Waals surface area contributed by atoms with E-state index < -0.39 is 0 Å². The SMILES string of the molecule is COc1cccc(-c2cc(NC(=O)Cc3ccn[nH]3)n(C)n2)c1. The van der Waals surface area contributed by atoms with E-state index in [-0.39, 0.29) is 12.3 Å². The zero-order chi connectivity index (χ0) is 16.2. The van der Waals surface area contributed by atoms with Crippen LogP contribution in [0.25, 0.3) is 11.3 Å². The summed E-state index contributed by atoms with van der Waals surface area (Å²) in [6, 6.07) is 11.2. The number of anilines is 1. The van der Waals surface area contributed by atoms with Gasteiger partial charge >= 0.3 is 0 Å². The molecule has 23 heavy (non-hydrogen) atoms. The number of carbonyl (C=O) groups is 1. The summed E-state index contributed by atoms with van der Waals surface area (Å²) in [5.41, 5.74) is 2.45. The number of rotatable bonds is 5. The molecule has 0 unspecified atom stereocenters. The normalized spacial score (nSPS) is 10.5. The first-order chi connectivity index (χ1) is 11.2. The van der Waals surface area contributed by atoms with Crippen LogP contribution in [0.2, 0.25) is 0 Å². The minimum Gasteiger partial charge on any atom is -0.497 e. The lowest BCUT2D eigenvalue weighted by Crippen LogP contribution is -2.16. The summed E-state index contributed by atoms with van der Waals surface area (Å²) in [4.78, 5) is 12.1. The summed E-state index contributed by atoms with van der Waals surface area (Å²) >= 11 is 0. The zero-order valence-corrected chi connectivity index (χ0v) is 12.9. The van der Waals surface area contributed by atoms with E-state index in [9.17, 15) is 4.79 Å². The van der Waals surface area contributed by atoms with Crippen molar-refractivity contribution in [3.63, 3.8) is 0 Å². The van der Waals surface area contributed by atoms with E-state index in [1.54, 1.807) is 31.1 Å². The van der Waals surface area contributed by atoms with Crippen molar-refractivity contribution in [2.45, 2.75) is 6.42 Å². The Kier molecular flexibility index (Phi) is 4.09. The number of ether oxygens (including phenoxy) is 1. The highest BCUT2D eigenvalue weighted by atomic mass is 16.5. The topological polar surface area (TPSA) is 84.8 Å². The maximum absolute atomic E-state index is 12.1. The molecule has 0 saturated heterocycles. The van der Waals surface area contributed by atoms with E-state index in [1.807, 2.05) is 30.3 Å². The standard InChI is InChI=1S/C16H17N5O2/c1-21-15(18-16(22)9-12-6-7-17-19-12)10-14(20-21)11-4-3-5-13(8-11)23-2/h3-8,10H,9H2,1-2H3,(H,17,19)(H,18,22). The first-order valence-electron chi connectivity index (χ1n) is 7.12. The van der Waals surface area contributed by atoms with Crippen LogP contribution in [0.3, 0.4) is 0 Å². The Morgan fingerprint density at radius 1 is 1.35 bits per heavy atom. The Bertz CT molecular complexity index is 808. The highest BCUT2D eigenvalue weighted by molar-refractivity contribution is 5.91. The van der Waals surface area contributed by atoms with E-state index in [4.69, 9.17) is 4.74 Å². The van der Waals surface area contributed by atoms with Crippen LogP contribution in [0.1, 0.15) is 5.69 Å². The first kappa shape index (κ1) is 14.8. The van der Waals surface area contributed by atoms with Crippen molar-refractivity contribution >= 4 is 11.7 Å². The smallest absolute Gasteiger partial charge is 0.231 e. The van der Waals surface area contributed by atoms with Gasteiger partial charge in [-0.3, -0.25) is 14.6 Å². The van der Waals surface area contributed by atoms with E-state index in [2.05, 4.69) is 20.6 Å². The van der Waals surface area contributed by atoms with Gasteiger partial charge in [0, 0.05) is 30.6 Å². The van der Waals surface area contributed by atoms with Gasteiger partial charge < -0.3 is 10.1 Å². The van der Waals surface area contributed by atoms with E-state index in [0.29, 0.717) is 5.82 Å². The molecule has 7 heteroatoms. The Morgan fingerprint density at radius 3 is 2.96 bits per heavy atom. The van der Waals surface area contributed by atoms with Crippen molar-refractivity contribution in [3.8, 4) is 17.0 Å². The van der Waals surface area contributed by atoms with Gasteiger partial charge in [0.25, 0.3) is 0 Å². The molecule has 0 atom stereocenters. The zero-order valence-electron chi connectivity index (χ0n) is 12.9. The Morgan fingerprint density at radius 2 is 2.22 bits per heavy atom. The molecule has 0 aliphatic carbocycles. The molecule has 3 rings (SSSR count). The molecule has 0 radical (unpaired) electrons. The lowest BCUT2D eigenvalue weighted by atomic mass is 10.1. The number of nitrogens with one attached hydrogen (secondary N) is 2. The van der Waals surface area contributed by atoms with Crippen molar-refractivity contribution < 1.29 is 9.53 Å². The maximum Gasteiger partial charge on any atom is 0.231 e. The Hall–Kier alpha value is -3.09. The van der Waals surface area contributed by atoms with E-state index in [0.717, 1.165) is 22.7 Å². The molecule has 0 fully saturated rings. The Balaban J connectivity index is 1.76. The van der Waals surface area contributed by atoms with Crippen LogP contribution in [-0.2, 0) is 18.3 Å². The van der Waals surface area contributed by atoms with Crippen molar-refractivity contribution in [1.29, 1.82) is 0 Å². The minimum absolute atomic E-state index is 0.130. The van der Waals surface area contributed by atoms with Crippen LogP contribution in [0.4, 0.5) is 5.82 Å². The predicted octanol–water partition coefficient (Wildman–Crippen LogP) is 2.00. The number of benzene rings is 1. The van der Waals surface area contributed by atoms with Crippen LogP contribution in [-0.4, -0.2) is 33.0 Å². The molecule has 0 bridgehead atoms. The van der Waals surface area contributed by atoms with Crippen LogP contribution in [0.15, 0.2) is 42.6 Å². The van der Waals surface area contributed by atoms with Gasteiger partial charge in [-0.05, 0) is 18.2 Å². The summed E-state index contributed by atoms with van der Waals surface area (Å²) in [5.74, 6) is 1.26. The highest BCUT2D eigenvalue weighted by Crippen LogP contribution is 2.24. The number of aromatic amines is 1. The van der Waals surface area contributed by atoms with Gasteiger partial charge in [-0.1, -0.05) is 12.1 Å². The highest BCUT2D eigenvalue weighted by Gasteiger charge is 2.11. The number of amides is 1. The third kappa shape index (κ3) is 3.39. The number of hydrogen-bond acceptors (Lipinski definition) is 4. The fourth-order valence-corrected chi connectivity index (χ4v) is 2.25. The van der Waals surface area contributed by atoms with E-state index in [1.165, 1.54) is 0 Å². The molecule has 2 aromatic heterocycles. The Labute approximate surface area is 133 Å². The number of carbonyl (C=O) groups excluding carboxylic acids is 1. The van der Waals surface area contributed by atoms with Gasteiger partial charge in [-0.2, -0.15) is 10.2 Å². The number of aromatic nitrogens is 4. The second kappa shape index (κ2) is 6.35. The molecule has 3 aromatic rings. The van der Waals surface area contributed by atoms with Gasteiger partial charge in [0.05, 0.1) is 19.2 Å². The summed E-state index contributed by atoms with van der Waals surface area (Å²) in [6.45, 7) is 0. The van der Waals surface area contributed by atoms with Crippen LogP contribution in [0, 0.1) is 0 Å². The number of H-pyrrole nitrogens is 1. The molecular formula is C16H17N5O2. The molecule has 0 spiro atoms. The quantitative estimate of drug-likeness (QED) is 0.755. The monoisotopic (exact) mass is 311 g/mol. The van der Waals surface area contributed by atoms with Crippen molar-refractivity contribution in [2.24, 2.45) is 7.05 Å². The fourth-order valence-electron chi connectivity index (χ4n) is 2.25. The van der Waals surface area contributed by atoms with Crippen LogP contribution in [0.5, 0.6) is 5.75 Å². The van der Waals surface area contributed by atoms with Gasteiger partial charge in [0.15, 0.2) is 0 Å². The van der Waals surface area contributed by atoms with Crippen LogP contribution >= 0.6 is 0 Å². The molecule has 1 aromatic carbocycles. The summed E-state index contributed by atoms with van der Waals surface area (Å²) < 4.78 is 6.86. The first-order valence-corrected chi connectivity index (χ1v) is 7.12. The molecule has 2 heterocycles. The summed E-state index contributed by atoms with van der Waals surface area (Å²) in [6.07, 6.45) is 1.85. The summed E-state index contributed by atoms with van der Waals surface area (Å²) in [5, 5.41) is 13.9. The average Bonchev–Trinajstić information content (AvgIpc) is 3.18. The lowest BCUT2D eigenvalue weighted by Gasteiger charge is -2.03. The van der Waals surface area contributed by atoms with Crippen molar-refractivity contribution in [3.05, 3.63) is 48.3 Å². The van der Waals surface area contributed by atoms with Crippen LogP contribution < -0.4 is 10.1 Å². The molecule has 7 nitrogen and oxygen atoms in total. The third-order valence-corrected chi connectivity index (χ3v) is 3.42. The molecule has 0 aliphatic rings. The number of hydrogen-bond donors (Lipinski definition) is 2. The third-order valence-electron chi connectivity index (χ3n) is 3.42. The van der Waals surface area contributed by atoms with Gasteiger partial charge in [-0.15, -0.1) is 0 Å². The molecule has 2 N–H and O–H groups in total. The van der Waals surface area contributed by atoms with Crippen molar-refractivity contribution in [2.75, 3.05) is 12.4 Å². The minimum atomic E-state index is -0.130. The largest absolute Gasteiger partial charge is 0.497 e. The molecule has 1 amide bonds. The van der Waals surface area contributed by atoms with Crippen molar-refractivity contribution in [1.82, 2.24) is 20.0 Å². The second-order valence-corrected chi connectivity index (χ2v) is 5.08. The maximum atomic E-state index is 12.1.